The van der Waals surface area contributed by atoms with Gasteiger partial charge in [-0.3, -0.25) is 0 Å². The van der Waals surface area contributed by atoms with E-state index < -0.39 is 0 Å². The van der Waals surface area contributed by atoms with Crippen molar-refractivity contribution in [3.63, 3.8) is 0 Å². The summed E-state index contributed by atoms with van der Waals surface area (Å²) >= 11 is 1.88. The first kappa shape index (κ1) is 24.7. The number of nitrogens with zero attached hydrogens (tertiary/aromatic N) is 1. The predicted molar refractivity (Wildman–Crippen MR) is 187 cm³/mol. The second-order valence-electron chi connectivity index (χ2n) is 12.2. The van der Waals surface area contributed by atoms with Crippen molar-refractivity contribution in [3.05, 3.63) is 151 Å². The molecule has 1 heterocycles. The minimum absolute atomic E-state index is 0.0570. The molecule has 1 aromatic heterocycles. The molecule has 0 radical (unpaired) electrons. The van der Waals surface area contributed by atoms with Crippen LogP contribution in [-0.4, -0.2) is 0 Å². The highest BCUT2D eigenvalue weighted by atomic mass is 32.1. The first-order chi connectivity index (χ1) is 21.1. The summed E-state index contributed by atoms with van der Waals surface area (Å²) in [6.45, 7) is 4.71. The summed E-state index contributed by atoms with van der Waals surface area (Å²) in [5, 5.41) is 7.80. The van der Waals surface area contributed by atoms with Gasteiger partial charge in [0.2, 0.25) is 0 Å². The number of para-hydroxylation sites is 1. The number of fused-ring (bicyclic) bond motifs is 9. The monoisotopic (exact) mass is 567 g/mol. The van der Waals surface area contributed by atoms with Crippen molar-refractivity contribution >= 4 is 70.1 Å². The number of thiophene rings is 1. The summed E-state index contributed by atoms with van der Waals surface area (Å²) in [6, 6.07) is 51.7. The molecule has 1 aliphatic rings. The molecule has 0 atom stereocenters. The van der Waals surface area contributed by atoms with E-state index in [4.69, 9.17) is 0 Å². The third-order valence-electron chi connectivity index (χ3n) is 9.42. The highest BCUT2D eigenvalue weighted by Crippen LogP contribution is 2.50. The smallest absolute Gasteiger partial charge is 0.0468 e. The van der Waals surface area contributed by atoms with Gasteiger partial charge in [-0.1, -0.05) is 98.8 Å². The van der Waals surface area contributed by atoms with E-state index in [1.165, 1.54) is 69.7 Å². The molecule has 0 aliphatic heterocycles. The summed E-state index contributed by atoms with van der Waals surface area (Å²) < 4.78 is 2.69. The lowest BCUT2D eigenvalue weighted by molar-refractivity contribution is 0.660. The molecule has 2 heteroatoms. The Kier molecular flexibility index (Phi) is 5.18. The minimum Gasteiger partial charge on any atom is -0.310 e. The second-order valence-corrected chi connectivity index (χ2v) is 13.3. The Hall–Kier alpha value is -4.92. The van der Waals surface area contributed by atoms with Gasteiger partial charge in [-0.2, -0.15) is 0 Å². The molecular weight excluding hydrogens is 539 g/mol. The molecule has 9 rings (SSSR count). The van der Waals surface area contributed by atoms with Crippen molar-refractivity contribution in [2.75, 3.05) is 4.90 Å². The normalized spacial score (nSPS) is 13.5. The van der Waals surface area contributed by atoms with E-state index in [0.29, 0.717) is 0 Å². The van der Waals surface area contributed by atoms with Gasteiger partial charge in [0.15, 0.2) is 0 Å². The summed E-state index contributed by atoms with van der Waals surface area (Å²) in [7, 11) is 0. The summed E-state index contributed by atoms with van der Waals surface area (Å²) in [4.78, 5) is 2.41. The van der Waals surface area contributed by atoms with Crippen LogP contribution in [0.2, 0.25) is 0 Å². The van der Waals surface area contributed by atoms with E-state index in [2.05, 4.69) is 158 Å². The third-order valence-corrected chi connectivity index (χ3v) is 10.5. The Bertz CT molecular complexity index is 2380. The van der Waals surface area contributed by atoms with Crippen molar-refractivity contribution in [2.45, 2.75) is 19.3 Å². The van der Waals surface area contributed by atoms with Gasteiger partial charge in [-0.05, 0) is 98.4 Å². The van der Waals surface area contributed by atoms with Crippen LogP contribution in [0.4, 0.5) is 17.1 Å². The highest BCUT2D eigenvalue weighted by molar-refractivity contribution is 7.25. The Labute approximate surface area is 255 Å². The average molecular weight is 568 g/mol. The lowest BCUT2D eigenvalue weighted by Crippen LogP contribution is -2.16. The van der Waals surface area contributed by atoms with Gasteiger partial charge in [-0.25, -0.2) is 0 Å². The van der Waals surface area contributed by atoms with E-state index in [0.717, 1.165) is 11.4 Å². The maximum Gasteiger partial charge on any atom is 0.0468 e. The summed E-state index contributed by atoms with van der Waals surface area (Å²) in [5.74, 6) is 0. The van der Waals surface area contributed by atoms with E-state index >= 15 is 0 Å². The molecule has 0 fully saturated rings. The maximum absolute atomic E-state index is 2.41. The fourth-order valence-electron chi connectivity index (χ4n) is 7.26. The van der Waals surface area contributed by atoms with Gasteiger partial charge in [0.1, 0.15) is 0 Å². The predicted octanol–water partition coefficient (Wildman–Crippen LogP) is 12.1. The molecule has 0 saturated heterocycles. The van der Waals surface area contributed by atoms with Gasteiger partial charge in [0.05, 0.1) is 0 Å². The second kappa shape index (κ2) is 9.04. The molecule has 0 spiro atoms. The number of anilines is 3. The fourth-order valence-corrected chi connectivity index (χ4v) is 8.39. The van der Waals surface area contributed by atoms with Crippen LogP contribution in [0, 0.1) is 0 Å². The molecule has 0 saturated carbocycles. The molecule has 0 amide bonds. The summed E-state index contributed by atoms with van der Waals surface area (Å²) in [6.07, 6.45) is 0. The molecule has 0 unspecified atom stereocenters. The van der Waals surface area contributed by atoms with Crippen molar-refractivity contribution in [1.29, 1.82) is 0 Å². The quantitative estimate of drug-likeness (QED) is 0.192. The zero-order valence-electron chi connectivity index (χ0n) is 24.1. The Balaban J connectivity index is 1.27. The van der Waals surface area contributed by atoms with Crippen molar-refractivity contribution in [1.82, 2.24) is 0 Å². The standard InChI is InChI=1S/C41H29NS/c1-41(2)37-14-8-6-12-31(37)32-21-20-30(24-38(32)41)42(28-10-4-3-5-11-28)29-19-18-26-16-17-27-22-40-36(25-35(27)34(26)23-29)33-13-7-9-15-39(33)43-40/h3-25H,1-2H3. The number of benzene rings is 7. The third kappa shape index (κ3) is 3.63. The molecular formula is C41H29NS. The zero-order valence-corrected chi connectivity index (χ0v) is 25.0. The Morgan fingerprint density at radius 1 is 0.442 bits per heavy atom. The van der Waals surface area contributed by atoms with Crippen LogP contribution in [0.3, 0.4) is 0 Å². The molecule has 0 bridgehead atoms. The number of hydrogen-bond acceptors (Lipinski definition) is 2. The van der Waals surface area contributed by atoms with Crippen LogP contribution in [0.1, 0.15) is 25.0 Å². The molecule has 7 aromatic carbocycles. The first-order valence-corrected chi connectivity index (χ1v) is 15.8. The van der Waals surface area contributed by atoms with E-state index in [9.17, 15) is 0 Å². The SMILES string of the molecule is CC1(C)c2ccccc2-c2ccc(N(c3ccccc3)c3ccc4ccc5cc6sc7ccccc7c6cc5c4c3)cc21. The van der Waals surface area contributed by atoms with Gasteiger partial charge in [0.25, 0.3) is 0 Å². The number of rotatable bonds is 3. The van der Waals surface area contributed by atoms with E-state index in [1.807, 2.05) is 11.3 Å². The maximum atomic E-state index is 2.41. The average Bonchev–Trinajstić information content (AvgIpc) is 3.52. The molecule has 43 heavy (non-hydrogen) atoms. The molecule has 0 N–H and O–H groups in total. The molecule has 1 nitrogen and oxygen atoms in total. The lowest BCUT2D eigenvalue weighted by atomic mass is 9.82. The number of hydrogen-bond donors (Lipinski definition) is 0. The van der Waals surface area contributed by atoms with Crippen molar-refractivity contribution < 1.29 is 0 Å². The van der Waals surface area contributed by atoms with Gasteiger partial charge in [-0.15, -0.1) is 11.3 Å². The minimum atomic E-state index is -0.0570. The lowest BCUT2D eigenvalue weighted by Gasteiger charge is -2.28. The van der Waals surface area contributed by atoms with Crippen LogP contribution in [0.5, 0.6) is 0 Å². The van der Waals surface area contributed by atoms with Crippen LogP contribution >= 0.6 is 11.3 Å². The van der Waals surface area contributed by atoms with Gasteiger partial charge < -0.3 is 4.90 Å². The van der Waals surface area contributed by atoms with Gasteiger partial charge >= 0.3 is 0 Å². The van der Waals surface area contributed by atoms with E-state index in [-0.39, 0.29) is 5.41 Å². The Morgan fingerprint density at radius 3 is 2.02 bits per heavy atom. The molecule has 1 aliphatic carbocycles. The summed E-state index contributed by atoms with van der Waals surface area (Å²) in [5.41, 5.74) is 8.91. The van der Waals surface area contributed by atoms with Crippen LogP contribution < -0.4 is 4.90 Å². The molecule has 204 valence electrons. The molecule has 8 aromatic rings. The highest BCUT2D eigenvalue weighted by Gasteiger charge is 2.35. The fraction of sp³-hybridized carbons (Fsp3) is 0.0732. The van der Waals surface area contributed by atoms with Crippen molar-refractivity contribution in [3.8, 4) is 11.1 Å². The van der Waals surface area contributed by atoms with Crippen LogP contribution in [0.15, 0.2) is 140 Å². The topological polar surface area (TPSA) is 3.24 Å². The van der Waals surface area contributed by atoms with E-state index in [1.54, 1.807) is 0 Å². The van der Waals surface area contributed by atoms with Gasteiger partial charge in [0, 0.05) is 42.6 Å². The Morgan fingerprint density at radius 2 is 1.12 bits per heavy atom. The van der Waals surface area contributed by atoms with Crippen LogP contribution in [0.25, 0.3) is 52.8 Å². The first-order valence-electron chi connectivity index (χ1n) is 14.9. The largest absolute Gasteiger partial charge is 0.310 e. The van der Waals surface area contributed by atoms with Crippen LogP contribution in [-0.2, 0) is 5.41 Å². The van der Waals surface area contributed by atoms with Crippen molar-refractivity contribution in [2.24, 2.45) is 0 Å². The zero-order chi connectivity index (χ0) is 28.7.